The number of hydrogen-bond donors (Lipinski definition) is 1. The summed E-state index contributed by atoms with van der Waals surface area (Å²) in [5.74, 6) is 0. The summed E-state index contributed by atoms with van der Waals surface area (Å²) in [7, 11) is 0. The van der Waals surface area contributed by atoms with Crippen molar-refractivity contribution in [1.82, 2.24) is 0 Å². The first-order valence-corrected chi connectivity index (χ1v) is 5.44. The van der Waals surface area contributed by atoms with Gasteiger partial charge in [-0.2, -0.15) is 0 Å². The molecular formula is C8H7I2NO. The zero-order chi connectivity index (χ0) is 9.14. The molecule has 0 bridgehead atoms. The Balaban J connectivity index is 3.28. The number of benzene rings is 1. The molecule has 0 unspecified atom stereocenters. The Bertz CT molecular complexity index is 300. The van der Waals surface area contributed by atoms with Gasteiger partial charge in [0.1, 0.15) is 0 Å². The molecule has 0 atom stereocenters. The van der Waals surface area contributed by atoms with E-state index in [-0.39, 0.29) is 0 Å². The molecular weight excluding hydrogens is 380 g/mol. The van der Waals surface area contributed by atoms with E-state index in [2.05, 4.69) is 62.5 Å². The zero-order valence-corrected chi connectivity index (χ0v) is 10.7. The van der Waals surface area contributed by atoms with E-state index in [9.17, 15) is 0 Å². The van der Waals surface area contributed by atoms with Gasteiger partial charge in [0.15, 0.2) is 0 Å². The van der Waals surface area contributed by atoms with Crippen molar-refractivity contribution < 1.29 is 5.21 Å². The highest BCUT2D eigenvalue weighted by atomic mass is 127. The van der Waals surface area contributed by atoms with Crippen LogP contribution in [0.2, 0.25) is 0 Å². The second kappa shape index (κ2) is 4.40. The standard InChI is InChI=1S/C8H7I2NO/c1-5-2-7(9)6(4-11-12)8(10)3-5/h2-4,12H,1H3/b11-4+. The molecule has 0 aliphatic heterocycles. The minimum absolute atomic E-state index is 0.976. The summed E-state index contributed by atoms with van der Waals surface area (Å²) in [6.07, 6.45) is 1.46. The number of nitrogens with zero attached hydrogens (tertiary/aromatic N) is 1. The van der Waals surface area contributed by atoms with E-state index in [1.54, 1.807) is 0 Å². The Kier molecular flexibility index (Phi) is 3.76. The van der Waals surface area contributed by atoms with Crippen LogP contribution in [0.25, 0.3) is 0 Å². The van der Waals surface area contributed by atoms with Gasteiger partial charge in [0.2, 0.25) is 0 Å². The molecule has 0 fully saturated rings. The van der Waals surface area contributed by atoms with Gasteiger partial charge in [0.25, 0.3) is 0 Å². The van der Waals surface area contributed by atoms with E-state index in [0.717, 1.165) is 12.7 Å². The van der Waals surface area contributed by atoms with Crippen LogP contribution in [-0.4, -0.2) is 11.4 Å². The first-order valence-electron chi connectivity index (χ1n) is 3.28. The number of hydrogen-bond acceptors (Lipinski definition) is 2. The van der Waals surface area contributed by atoms with Gasteiger partial charge < -0.3 is 5.21 Å². The second-order valence-electron chi connectivity index (χ2n) is 2.39. The number of oxime groups is 1. The first kappa shape index (κ1) is 10.2. The summed E-state index contributed by atoms with van der Waals surface area (Å²) in [6.45, 7) is 2.05. The van der Waals surface area contributed by atoms with Crippen molar-refractivity contribution in [3.8, 4) is 0 Å². The summed E-state index contributed by atoms with van der Waals surface area (Å²) >= 11 is 4.46. The molecule has 0 radical (unpaired) electrons. The van der Waals surface area contributed by atoms with Crippen LogP contribution in [0.15, 0.2) is 17.3 Å². The van der Waals surface area contributed by atoms with E-state index in [4.69, 9.17) is 5.21 Å². The van der Waals surface area contributed by atoms with Gasteiger partial charge in [-0.25, -0.2) is 0 Å². The highest BCUT2D eigenvalue weighted by Crippen LogP contribution is 2.19. The molecule has 0 aliphatic rings. The van der Waals surface area contributed by atoms with Crippen LogP contribution in [0, 0.1) is 14.1 Å². The fraction of sp³-hybridized carbons (Fsp3) is 0.125. The molecule has 0 aromatic heterocycles. The van der Waals surface area contributed by atoms with Crippen molar-refractivity contribution in [3.05, 3.63) is 30.4 Å². The lowest BCUT2D eigenvalue weighted by Crippen LogP contribution is -1.92. The quantitative estimate of drug-likeness (QED) is 0.342. The molecule has 0 spiro atoms. The van der Waals surface area contributed by atoms with Gasteiger partial charge in [-0.3, -0.25) is 0 Å². The first-order chi connectivity index (χ1) is 5.65. The third kappa shape index (κ3) is 2.32. The molecule has 0 saturated carbocycles. The lowest BCUT2D eigenvalue weighted by Gasteiger charge is -2.02. The maximum Gasteiger partial charge on any atom is 0.0755 e. The van der Waals surface area contributed by atoms with Crippen LogP contribution < -0.4 is 0 Å². The van der Waals surface area contributed by atoms with E-state index < -0.39 is 0 Å². The largest absolute Gasteiger partial charge is 0.411 e. The molecule has 12 heavy (non-hydrogen) atoms. The van der Waals surface area contributed by atoms with Gasteiger partial charge in [-0.1, -0.05) is 5.16 Å². The Morgan fingerprint density at radius 3 is 2.25 bits per heavy atom. The lowest BCUT2D eigenvalue weighted by molar-refractivity contribution is 0.322. The van der Waals surface area contributed by atoms with Crippen molar-refractivity contribution >= 4 is 51.4 Å². The molecule has 1 rings (SSSR count). The average molecular weight is 387 g/mol. The van der Waals surface area contributed by atoms with Crippen LogP contribution in [0.3, 0.4) is 0 Å². The molecule has 0 saturated heterocycles. The fourth-order valence-corrected chi connectivity index (χ4v) is 3.25. The van der Waals surface area contributed by atoms with Crippen molar-refractivity contribution in [3.63, 3.8) is 0 Å². The van der Waals surface area contributed by atoms with Crippen LogP contribution >= 0.6 is 45.2 Å². The van der Waals surface area contributed by atoms with Crippen LogP contribution in [0.1, 0.15) is 11.1 Å². The predicted molar refractivity (Wildman–Crippen MR) is 66.0 cm³/mol. The van der Waals surface area contributed by atoms with Crippen molar-refractivity contribution in [1.29, 1.82) is 0 Å². The summed E-state index contributed by atoms with van der Waals surface area (Å²) in [4.78, 5) is 0. The maximum absolute atomic E-state index is 8.40. The monoisotopic (exact) mass is 387 g/mol. The Hall–Kier alpha value is 0.150. The Labute approximate surface area is 98.3 Å². The number of rotatable bonds is 1. The molecule has 1 aromatic carbocycles. The van der Waals surface area contributed by atoms with E-state index >= 15 is 0 Å². The summed E-state index contributed by atoms with van der Waals surface area (Å²) in [6, 6.07) is 4.11. The van der Waals surface area contributed by atoms with Crippen molar-refractivity contribution in [2.75, 3.05) is 0 Å². The highest BCUT2D eigenvalue weighted by Gasteiger charge is 2.02. The Morgan fingerprint density at radius 1 is 1.33 bits per heavy atom. The molecule has 1 aromatic rings. The van der Waals surface area contributed by atoms with Gasteiger partial charge in [-0.05, 0) is 69.8 Å². The van der Waals surface area contributed by atoms with Gasteiger partial charge in [0, 0.05) is 12.7 Å². The van der Waals surface area contributed by atoms with Crippen LogP contribution in [0.5, 0.6) is 0 Å². The number of aryl methyl sites for hydroxylation is 1. The summed E-state index contributed by atoms with van der Waals surface area (Å²) in [5, 5.41) is 11.4. The van der Waals surface area contributed by atoms with E-state index in [1.807, 2.05) is 6.92 Å². The molecule has 4 heteroatoms. The lowest BCUT2D eigenvalue weighted by atomic mass is 10.2. The maximum atomic E-state index is 8.40. The SMILES string of the molecule is Cc1cc(I)c(/C=N/O)c(I)c1. The van der Waals surface area contributed by atoms with E-state index in [1.165, 1.54) is 11.8 Å². The smallest absolute Gasteiger partial charge is 0.0755 e. The fourth-order valence-electron chi connectivity index (χ4n) is 0.892. The topological polar surface area (TPSA) is 32.6 Å². The molecule has 0 aliphatic carbocycles. The molecule has 2 nitrogen and oxygen atoms in total. The average Bonchev–Trinajstić information content (AvgIpc) is 1.96. The van der Waals surface area contributed by atoms with Gasteiger partial charge >= 0.3 is 0 Å². The van der Waals surface area contributed by atoms with Crippen molar-refractivity contribution in [2.45, 2.75) is 6.92 Å². The third-order valence-electron chi connectivity index (χ3n) is 1.41. The molecule has 64 valence electrons. The van der Waals surface area contributed by atoms with Gasteiger partial charge in [0.05, 0.1) is 6.21 Å². The molecule has 1 N–H and O–H groups in total. The minimum Gasteiger partial charge on any atom is -0.411 e. The molecule has 0 amide bonds. The summed E-state index contributed by atoms with van der Waals surface area (Å²) in [5.41, 5.74) is 2.20. The summed E-state index contributed by atoms with van der Waals surface area (Å²) < 4.78 is 2.21. The number of halogens is 2. The third-order valence-corrected chi connectivity index (χ3v) is 3.20. The van der Waals surface area contributed by atoms with Crippen LogP contribution in [-0.2, 0) is 0 Å². The predicted octanol–water partition coefficient (Wildman–Crippen LogP) is 3.01. The molecule has 0 heterocycles. The van der Waals surface area contributed by atoms with E-state index in [0.29, 0.717) is 0 Å². The second-order valence-corrected chi connectivity index (χ2v) is 4.71. The van der Waals surface area contributed by atoms with Gasteiger partial charge in [-0.15, -0.1) is 0 Å². The zero-order valence-electron chi connectivity index (χ0n) is 6.38. The minimum atomic E-state index is 0.976. The highest BCUT2D eigenvalue weighted by molar-refractivity contribution is 14.1. The Morgan fingerprint density at radius 2 is 1.83 bits per heavy atom. The normalized spacial score (nSPS) is 10.9. The van der Waals surface area contributed by atoms with Crippen molar-refractivity contribution in [2.24, 2.45) is 5.16 Å². The van der Waals surface area contributed by atoms with Crippen LogP contribution in [0.4, 0.5) is 0 Å².